The van der Waals surface area contributed by atoms with E-state index in [-0.39, 0.29) is 5.91 Å². The quantitative estimate of drug-likeness (QED) is 0.579. The molecule has 1 aromatic heterocycles. The molecule has 1 saturated heterocycles. The van der Waals surface area contributed by atoms with Gasteiger partial charge in [0.1, 0.15) is 11.6 Å². The topological polar surface area (TPSA) is 88.6 Å². The summed E-state index contributed by atoms with van der Waals surface area (Å²) in [6, 6.07) is 9.20. The highest BCUT2D eigenvalue weighted by atomic mass is 16.5. The van der Waals surface area contributed by atoms with Gasteiger partial charge in [0.2, 0.25) is 5.95 Å². The van der Waals surface area contributed by atoms with Crippen molar-refractivity contribution in [3.8, 4) is 5.75 Å². The van der Waals surface area contributed by atoms with Crippen LogP contribution in [0.25, 0.3) is 0 Å². The molecule has 0 atom stereocenters. The summed E-state index contributed by atoms with van der Waals surface area (Å²) in [4.78, 5) is 23.5. The lowest BCUT2D eigenvalue weighted by molar-refractivity contribution is 0.0955. The molecule has 2 N–H and O–H groups in total. The monoisotopic (exact) mass is 413 g/mol. The first-order valence-corrected chi connectivity index (χ1v) is 10.6. The Balaban J connectivity index is 1.44. The van der Waals surface area contributed by atoms with Gasteiger partial charge in [0, 0.05) is 43.5 Å². The zero-order valence-electron chi connectivity index (χ0n) is 17.8. The first-order valence-electron chi connectivity index (χ1n) is 10.6. The first kappa shape index (κ1) is 21.8. The molecular weight excluding hydrogens is 382 g/mol. The van der Waals surface area contributed by atoms with Crippen molar-refractivity contribution in [2.24, 2.45) is 0 Å². The molecule has 0 radical (unpaired) electrons. The predicted octanol–water partition coefficient (Wildman–Crippen LogP) is 2.64. The molecular formula is C22H31N5O3. The van der Waals surface area contributed by atoms with Gasteiger partial charge in [-0.1, -0.05) is 13.3 Å². The molecule has 30 heavy (non-hydrogen) atoms. The van der Waals surface area contributed by atoms with Crippen LogP contribution in [0.1, 0.15) is 35.8 Å². The third kappa shape index (κ3) is 6.59. The van der Waals surface area contributed by atoms with Crippen molar-refractivity contribution >= 4 is 17.7 Å². The van der Waals surface area contributed by atoms with Gasteiger partial charge in [0.05, 0.1) is 19.8 Å². The summed E-state index contributed by atoms with van der Waals surface area (Å²) in [5, 5.41) is 6.10. The van der Waals surface area contributed by atoms with E-state index in [0.29, 0.717) is 44.4 Å². The second-order valence-corrected chi connectivity index (χ2v) is 7.20. The number of hydrogen-bond acceptors (Lipinski definition) is 7. The van der Waals surface area contributed by atoms with Gasteiger partial charge in [-0.3, -0.25) is 4.79 Å². The molecule has 3 rings (SSSR count). The summed E-state index contributed by atoms with van der Waals surface area (Å²) < 4.78 is 11.0. The Labute approximate surface area is 178 Å². The van der Waals surface area contributed by atoms with Crippen molar-refractivity contribution < 1.29 is 14.3 Å². The van der Waals surface area contributed by atoms with Crippen LogP contribution in [0.3, 0.4) is 0 Å². The van der Waals surface area contributed by atoms with Gasteiger partial charge in [-0.05, 0) is 37.6 Å². The molecule has 2 aromatic rings. The fourth-order valence-corrected chi connectivity index (χ4v) is 3.07. The van der Waals surface area contributed by atoms with Crippen LogP contribution in [0.15, 0.2) is 30.3 Å². The smallest absolute Gasteiger partial charge is 0.251 e. The van der Waals surface area contributed by atoms with E-state index in [2.05, 4.69) is 32.4 Å². The van der Waals surface area contributed by atoms with E-state index in [4.69, 9.17) is 9.47 Å². The van der Waals surface area contributed by atoms with Gasteiger partial charge in [-0.2, -0.15) is 4.98 Å². The number of hydrogen-bond donors (Lipinski definition) is 2. The van der Waals surface area contributed by atoms with Crippen LogP contribution in [0.5, 0.6) is 5.75 Å². The summed E-state index contributed by atoms with van der Waals surface area (Å²) >= 11 is 0. The minimum absolute atomic E-state index is 0.115. The number of nitrogens with zero attached hydrogens (tertiary/aromatic N) is 3. The Hall–Kier alpha value is -2.87. The molecule has 0 unspecified atom stereocenters. The van der Waals surface area contributed by atoms with E-state index < -0.39 is 0 Å². The number of unbranched alkanes of at least 4 members (excludes halogenated alkanes) is 1. The van der Waals surface area contributed by atoms with Crippen molar-refractivity contribution in [2.45, 2.75) is 26.7 Å². The normalized spacial score (nSPS) is 13.7. The van der Waals surface area contributed by atoms with E-state index in [9.17, 15) is 4.79 Å². The van der Waals surface area contributed by atoms with Crippen molar-refractivity contribution in [3.63, 3.8) is 0 Å². The lowest BCUT2D eigenvalue weighted by Gasteiger charge is -2.28. The minimum Gasteiger partial charge on any atom is -0.494 e. The number of carbonyl (C=O) groups excluding carboxylic acids is 1. The van der Waals surface area contributed by atoms with Crippen LogP contribution in [-0.2, 0) is 4.74 Å². The van der Waals surface area contributed by atoms with E-state index in [1.807, 2.05) is 25.1 Å². The number of anilines is 2. The van der Waals surface area contributed by atoms with Crippen molar-refractivity contribution in [3.05, 3.63) is 41.6 Å². The first-order chi connectivity index (χ1) is 14.7. The number of ether oxygens (including phenoxy) is 2. The molecule has 1 aromatic carbocycles. The maximum Gasteiger partial charge on any atom is 0.251 e. The predicted molar refractivity (Wildman–Crippen MR) is 117 cm³/mol. The molecule has 1 amide bonds. The average molecular weight is 414 g/mol. The molecule has 8 heteroatoms. The number of benzene rings is 1. The Morgan fingerprint density at radius 2 is 1.93 bits per heavy atom. The molecule has 8 nitrogen and oxygen atoms in total. The molecule has 1 aliphatic rings. The van der Waals surface area contributed by atoms with Crippen LogP contribution in [0, 0.1) is 6.92 Å². The number of aryl methyl sites for hydroxylation is 1. The Morgan fingerprint density at radius 1 is 1.17 bits per heavy atom. The van der Waals surface area contributed by atoms with Crippen molar-refractivity contribution in [1.82, 2.24) is 15.3 Å². The van der Waals surface area contributed by atoms with E-state index in [1.165, 1.54) is 0 Å². The zero-order chi connectivity index (χ0) is 21.2. The molecule has 0 saturated carbocycles. The third-order valence-corrected chi connectivity index (χ3v) is 4.75. The van der Waals surface area contributed by atoms with E-state index in [1.54, 1.807) is 12.1 Å². The summed E-state index contributed by atoms with van der Waals surface area (Å²) in [5.74, 6) is 2.14. The van der Waals surface area contributed by atoms with Gasteiger partial charge in [0.25, 0.3) is 5.91 Å². The Bertz CT molecular complexity index is 807. The molecule has 2 heterocycles. The summed E-state index contributed by atoms with van der Waals surface area (Å²) in [6.45, 7) is 8.86. The number of rotatable bonds is 10. The lowest BCUT2D eigenvalue weighted by atomic mass is 10.2. The van der Waals surface area contributed by atoms with Gasteiger partial charge in [-0.25, -0.2) is 4.98 Å². The third-order valence-electron chi connectivity index (χ3n) is 4.75. The number of carbonyl (C=O) groups is 1. The van der Waals surface area contributed by atoms with Crippen LogP contribution in [-0.4, -0.2) is 61.9 Å². The average Bonchev–Trinajstić information content (AvgIpc) is 2.77. The Morgan fingerprint density at radius 3 is 2.67 bits per heavy atom. The van der Waals surface area contributed by atoms with Gasteiger partial charge in [0.15, 0.2) is 0 Å². The van der Waals surface area contributed by atoms with Crippen LogP contribution >= 0.6 is 0 Å². The minimum atomic E-state index is -0.115. The highest BCUT2D eigenvalue weighted by Crippen LogP contribution is 2.16. The van der Waals surface area contributed by atoms with E-state index in [0.717, 1.165) is 43.2 Å². The second-order valence-electron chi connectivity index (χ2n) is 7.20. The number of morpholine rings is 1. The fourth-order valence-electron chi connectivity index (χ4n) is 3.07. The zero-order valence-corrected chi connectivity index (χ0v) is 17.8. The van der Waals surface area contributed by atoms with Crippen molar-refractivity contribution in [1.29, 1.82) is 0 Å². The van der Waals surface area contributed by atoms with Gasteiger partial charge in [-0.15, -0.1) is 0 Å². The molecule has 0 aliphatic carbocycles. The maximum absolute atomic E-state index is 12.3. The van der Waals surface area contributed by atoms with Gasteiger partial charge >= 0.3 is 0 Å². The molecule has 1 fully saturated rings. The SMILES string of the molecule is CCCCOc1ccc(C(=O)NCCNc2nc(C)cc(N3CCOCC3)n2)cc1. The van der Waals surface area contributed by atoms with E-state index >= 15 is 0 Å². The summed E-state index contributed by atoms with van der Waals surface area (Å²) in [6.07, 6.45) is 2.12. The van der Waals surface area contributed by atoms with Crippen LogP contribution < -0.4 is 20.3 Å². The second kappa shape index (κ2) is 11.3. The standard InChI is InChI=1S/C22H31N5O3/c1-3-4-13-30-19-7-5-18(6-8-19)21(28)23-9-10-24-22-25-17(2)16-20(26-22)27-11-14-29-15-12-27/h5-8,16H,3-4,9-15H2,1-2H3,(H,23,28)(H,24,25,26). The molecule has 162 valence electrons. The summed E-state index contributed by atoms with van der Waals surface area (Å²) in [5.41, 5.74) is 1.51. The van der Waals surface area contributed by atoms with Crippen LogP contribution in [0.4, 0.5) is 11.8 Å². The lowest BCUT2D eigenvalue weighted by Crippen LogP contribution is -2.37. The highest BCUT2D eigenvalue weighted by molar-refractivity contribution is 5.94. The maximum atomic E-state index is 12.3. The Kier molecular flexibility index (Phi) is 8.26. The fraction of sp³-hybridized carbons (Fsp3) is 0.500. The highest BCUT2D eigenvalue weighted by Gasteiger charge is 2.14. The summed E-state index contributed by atoms with van der Waals surface area (Å²) in [7, 11) is 0. The van der Waals surface area contributed by atoms with Crippen molar-refractivity contribution in [2.75, 3.05) is 56.2 Å². The molecule has 1 aliphatic heterocycles. The largest absolute Gasteiger partial charge is 0.494 e. The van der Waals surface area contributed by atoms with Gasteiger partial charge < -0.3 is 25.0 Å². The number of nitrogens with one attached hydrogen (secondary N) is 2. The molecule has 0 bridgehead atoms. The van der Waals surface area contributed by atoms with Crippen LogP contribution in [0.2, 0.25) is 0 Å². The molecule has 0 spiro atoms. The number of amides is 1. The number of aromatic nitrogens is 2.